The number of carbonyl (C=O) groups is 1. The van der Waals surface area contributed by atoms with Crippen LogP contribution in [0.15, 0.2) is 36.7 Å². The van der Waals surface area contributed by atoms with E-state index in [1.54, 1.807) is 24.5 Å². The Morgan fingerprint density at radius 2 is 2.20 bits per heavy atom. The lowest BCUT2D eigenvalue weighted by atomic mass is 9.92. The van der Waals surface area contributed by atoms with Crippen molar-refractivity contribution in [2.45, 2.75) is 25.7 Å². The molecule has 1 fully saturated rings. The number of likely N-dealkylation sites (tertiary alicyclic amines) is 1. The fourth-order valence-corrected chi connectivity index (χ4v) is 3.39. The van der Waals surface area contributed by atoms with Crippen molar-refractivity contribution < 1.29 is 9.18 Å². The molecule has 2 aromatic rings. The molecule has 1 saturated heterocycles. The van der Waals surface area contributed by atoms with Crippen LogP contribution < -0.4 is 5.32 Å². The van der Waals surface area contributed by atoms with Gasteiger partial charge in [0.25, 0.3) is 0 Å². The number of amides is 1. The van der Waals surface area contributed by atoms with Crippen molar-refractivity contribution in [3.63, 3.8) is 0 Å². The largest absolute Gasteiger partial charge is 0.372 e. The molecule has 6 heteroatoms. The summed E-state index contributed by atoms with van der Waals surface area (Å²) in [6.45, 7) is 1.48. The molecule has 0 aliphatic carbocycles. The Morgan fingerprint density at radius 1 is 1.36 bits per heavy atom. The number of rotatable bonds is 5. The lowest BCUT2D eigenvalue weighted by Crippen LogP contribution is -2.41. The first-order valence-corrected chi connectivity index (χ1v) is 8.65. The van der Waals surface area contributed by atoms with Crippen LogP contribution in [0.3, 0.4) is 0 Å². The van der Waals surface area contributed by atoms with E-state index >= 15 is 0 Å². The number of hydrogen-bond donors (Lipinski definition) is 1. The summed E-state index contributed by atoms with van der Waals surface area (Å²) in [7, 11) is 1.84. The molecule has 1 atom stereocenters. The fourth-order valence-electron chi connectivity index (χ4n) is 3.39. The second-order valence-corrected chi connectivity index (χ2v) is 6.46. The fraction of sp³-hybridized carbons (Fsp3) is 0.421. The van der Waals surface area contributed by atoms with Gasteiger partial charge in [0.1, 0.15) is 11.6 Å². The van der Waals surface area contributed by atoms with Gasteiger partial charge in [-0.3, -0.25) is 9.78 Å². The van der Waals surface area contributed by atoms with Gasteiger partial charge in [0.15, 0.2) is 0 Å². The highest BCUT2D eigenvalue weighted by molar-refractivity contribution is 5.78. The van der Waals surface area contributed by atoms with Crippen molar-refractivity contribution >= 4 is 11.7 Å². The van der Waals surface area contributed by atoms with Crippen molar-refractivity contribution in [1.82, 2.24) is 14.9 Å². The number of nitrogens with zero attached hydrogens (tertiary/aromatic N) is 3. The molecule has 0 unspecified atom stereocenters. The molecule has 2 heterocycles. The second kappa shape index (κ2) is 8.05. The number of hydrogen-bond acceptors (Lipinski definition) is 4. The summed E-state index contributed by atoms with van der Waals surface area (Å²) < 4.78 is 13.3. The monoisotopic (exact) mass is 342 g/mol. The molecule has 0 spiro atoms. The van der Waals surface area contributed by atoms with E-state index < -0.39 is 0 Å². The summed E-state index contributed by atoms with van der Waals surface area (Å²) in [6.07, 6.45) is 6.47. The van der Waals surface area contributed by atoms with Crippen LogP contribution in [0.1, 0.15) is 24.1 Å². The molecule has 1 N–H and O–H groups in total. The van der Waals surface area contributed by atoms with Gasteiger partial charge < -0.3 is 10.2 Å². The van der Waals surface area contributed by atoms with Crippen LogP contribution >= 0.6 is 0 Å². The highest BCUT2D eigenvalue weighted by atomic mass is 19.1. The Kier molecular flexibility index (Phi) is 5.58. The number of halogens is 1. The van der Waals surface area contributed by atoms with E-state index in [0.717, 1.165) is 42.9 Å². The van der Waals surface area contributed by atoms with E-state index in [9.17, 15) is 9.18 Å². The van der Waals surface area contributed by atoms with Crippen LogP contribution in [0.4, 0.5) is 10.2 Å². The predicted octanol–water partition coefficient (Wildman–Crippen LogP) is 2.68. The molecule has 0 bridgehead atoms. The minimum atomic E-state index is -0.302. The number of piperidine rings is 1. The first-order chi connectivity index (χ1) is 12.2. The molecular formula is C19H23FN4O. The van der Waals surface area contributed by atoms with Gasteiger partial charge in [-0.15, -0.1) is 0 Å². The quantitative estimate of drug-likeness (QED) is 0.908. The van der Waals surface area contributed by atoms with Crippen molar-refractivity contribution in [3.8, 4) is 0 Å². The van der Waals surface area contributed by atoms with Crippen molar-refractivity contribution in [2.24, 2.45) is 5.92 Å². The zero-order chi connectivity index (χ0) is 17.6. The molecule has 5 nitrogen and oxygen atoms in total. The van der Waals surface area contributed by atoms with Crippen molar-refractivity contribution in [1.29, 1.82) is 0 Å². The molecule has 1 aliphatic heterocycles. The van der Waals surface area contributed by atoms with E-state index in [1.807, 2.05) is 11.9 Å². The van der Waals surface area contributed by atoms with Crippen molar-refractivity contribution in [3.05, 3.63) is 53.7 Å². The van der Waals surface area contributed by atoms with Crippen LogP contribution in [0.5, 0.6) is 0 Å². The third-order valence-electron chi connectivity index (χ3n) is 4.61. The Morgan fingerprint density at radius 3 is 3.00 bits per heavy atom. The van der Waals surface area contributed by atoms with E-state index in [0.29, 0.717) is 12.5 Å². The molecule has 25 heavy (non-hydrogen) atoms. The zero-order valence-corrected chi connectivity index (χ0v) is 14.4. The van der Waals surface area contributed by atoms with Gasteiger partial charge in [0.2, 0.25) is 5.91 Å². The maximum Gasteiger partial charge on any atom is 0.227 e. The predicted molar refractivity (Wildman–Crippen MR) is 94.7 cm³/mol. The maximum absolute atomic E-state index is 13.3. The van der Waals surface area contributed by atoms with E-state index in [-0.39, 0.29) is 18.1 Å². The molecule has 1 aromatic carbocycles. The molecule has 1 aromatic heterocycles. The third-order valence-corrected chi connectivity index (χ3v) is 4.61. The lowest BCUT2D eigenvalue weighted by Gasteiger charge is -2.33. The minimum absolute atomic E-state index is 0.0586. The number of benzene rings is 1. The molecular weight excluding hydrogens is 319 g/mol. The Hall–Kier alpha value is -2.50. The molecule has 1 aliphatic rings. The second-order valence-electron chi connectivity index (χ2n) is 6.46. The summed E-state index contributed by atoms with van der Waals surface area (Å²) in [6, 6.07) is 6.26. The van der Waals surface area contributed by atoms with Crippen LogP contribution in [0.25, 0.3) is 0 Å². The van der Waals surface area contributed by atoms with Gasteiger partial charge in [-0.25, -0.2) is 9.37 Å². The van der Waals surface area contributed by atoms with E-state index in [4.69, 9.17) is 0 Å². The summed E-state index contributed by atoms with van der Waals surface area (Å²) in [5, 5.41) is 3.07. The number of carbonyl (C=O) groups excluding carboxylic acids is 1. The lowest BCUT2D eigenvalue weighted by molar-refractivity contribution is -0.132. The van der Waals surface area contributed by atoms with Crippen LogP contribution in [-0.4, -0.2) is 40.9 Å². The average Bonchev–Trinajstić information content (AvgIpc) is 2.62. The first-order valence-electron chi connectivity index (χ1n) is 8.65. The Balaban J connectivity index is 1.61. The number of nitrogens with one attached hydrogen (secondary N) is 1. The number of anilines is 1. The van der Waals surface area contributed by atoms with Crippen LogP contribution in [0, 0.1) is 11.7 Å². The van der Waals surface area contributed by atoms with Crippen LogP contribution in [-0.2, 0) is 17.6 Å². The van der Waals surface area contributed by atoms with E-state index in [1.165, 1.54) is 12.1 Å². The summed E-state index contributed by atoms with van der Waals surface area (Å²) in [5.74, 6) is 0.923. The average molecular weight is 342 g/mol. The standard InChI is InChI=1S/C19H23FN4O/c1-21-19-17(22-7-8-23-19)11-15-5-3-9-24(13-15)18(25)12-14-4-2-6-16(20)10-14/h2,4,6-8,10,15H,3,5,9,11-13H2,1H3,(H,21,23)/t15-/m1/s1. The zero-order valence-electron chi connectivity index (χ0n) is 14.4. The summed E-state index contributed by atoms with van der Waals surface area (Å²) in [5.41, 5.74) is 1.66. The molecule has 132 valence electrons. The topological polar surface area (TPSA) is 58.1 Å². The first kappa shape index (κ1) is 17.3. The van der Waals surface area contributed by atoms with Gasteiger partial charge in [0, 0.05) is 32.5 Å². The highest BCUT2D eigenvalue weighted by Crippen LogP contribution is 2.23. The van der Waals surface area contributed by atoms with Gasteiger partial charge >= 0.3 is 0 Å². The Bertz CT molecular complexity index is 737. The Labute approximate surface area is 147 Å². The molecule has 1 amide bonds. The molecule has 0 radical (unpaired) electrons. The van der Waals surface area contributed by atoms with Gasteiger partial charge in [-0.1, -0.05) is 12.1 Å². The highest BCUT2D eigenvalue weighted by Gasteiger charge is 2.25. The molecule has 3 rings (SSSR count). The summed E-state index contributed by atoms with van der Waals surface area (Å²) >= 11 is 0. The SMILES string of the molecule is CNc1nccnc1C[C@H]1CCCN(C(=O)Cc2cccc(F)c2)C1. The smallest absolute Gasteiger partial charge is 0.227 e. The summed E-state index contributed by atoms with van der Waals surface area (Å²) in [4.78, 5) is 23.2. The van der Waals surface area contributed by atoms with Crippen LogP contribution in [0.2, 0.25) is 0 Å². The van der Waals surface area contributed by atoms with E-state index in [2.05, 4.69) is 15.3 Å². The van der Waals surface area contributed by atoms with Gasteiger partial charge in [0.05, 0.1) is 12.1 Å². The maximum atomic E-state index is 13.3. The normalized spacial score (nSPS) is 17.4. The molecule has 0 saturated carbocycles. The number of aromatic nitrogens is 2. The van der Waals surface area contributed by atoms with Gasteiger partial charge in [-0.2, -0.15) is 0 Å². The minimum Gasteiger partial charge on any atom is -0.372 e. The van der Waals surface area contributed by atoms with Gasteiger partial charge in [-0.05, 0) is 42.9 Å². The van der Waals surface area contributed by atoms with Crippen molar-refractivity contribution in [2.75, 3.05) is 25.5 Å². The third kappa shape index (κ3) is 4.53.